The van der Waals surface area contributed by atoms with Gasteiger partial charge in [0.15, 0.2) is 5.69 Å². The predicted molar refractivity (Wildman–Crippen MR) is 110 cm³/mol. The molecule has 0 spiro atoms. The highest BCUT2D eigenvalue weighted by atomic mass is 16.5. The molecule has 6 nitrogen and oxygen atoms in total. The first kappa shape index (κ1) is 19.7. The summed E-state index contributed by atoms with van der Waals surface area (Å²) >= 11 is 0. The van der Waals surface area contributed by atoms with Crippen LogP contribution < -0.4 is 0 Å². The fourth-order valence-electron chi connectivity index (χ4n) is 4.49. The molecule has 1 fully saturated rings. The van der Waals surface area contributed by atoms with Crippen molar-refractivity contribution in [2.45, 2.75) is 51.9 Å². The first-order chi connectivity index (χ1) is 14.2. The summed E-state index contributed by atoms with van der Waals surface area (Å²) in [6.07, 6.45) is 6.79. The third-order valence-electron chi connectivity index (χ3n) is 5.96. The van der Waals surface area contributed by atoms with Crippen LogP contribution in [0.2, 0.25) is 0 Å². The van der Waals surface area contributed by atoms with Crippen molar-refractivity contribution in [3.8, 4) is 5.69 Å². The Morgan fingerprint density at radius 1 is 1.10 bits per heavy atom. The Labute approximate surface area is 171 Å². The second kappa shape index (κ2) is 8.80. The molecular formula is C23H29N3O3. The molecule has 2 aliphatic rings. The normalized spacial score (nSPS) is 19.3. The van der Waals surface area contributed by atoms with Gasteiger partial charge in [0.05, 0.1) is 18.2 Å². The van der Waals surface area contributed by atoms with Gasteiger partial charge in [-0.25, -0.2) is 4.68 Å². The number of para-hydroxylation sites is 1. The van der Waals surface area contributed by atoms with Gasteiger partial charge in [-0.15, -0.1) is 0 Å². The Hall–Kier alpha value is -2.63. The van der Waals surface area contributed by atoms with Gasteiger partial charge < -0.3 is 9.64 Å². The highest BCUT2D eigenvalue weighted by molar-refractivity contribution is 5.94. The molecule has 6 heteroatoms. The number of benzene rings is 1. The zero-order valence-electron chi connectivity index (χ0n) is 17.1. The Kier molecular flexibility index (Phi) is 5.97. The van der Waals surface area contributed by atoms with Crippen molar-refractivity contribution in [3.05, 3.63) is 47.3 Å². The van der Waals surface area contributed by atoms with Crippen molar-refractivity contribution < 1.29 is 14.3 Å². The SMILES string of the molecule is CCOC(=O)C1CCCN(C(=O)c2nn(-c3ccccc3)c3c2CCCCC3)C1. The van der Waals surface area contributed by atoms with Crippen LogP contribution in [0.3, 0.4) is 0 Å². The molecule has 1 amide bonds. The van der Waals surface area contributed by atoms with Gasteiger partial charge in [-0.05, 0) is 57.6 Å². The largest absolute Gasteiger partial charge is 0.466 e. The number of esters is 1. The van der Waals surface area contributed by atoms with Gasteiger partial charge in [0.1, 0.15) is 0 Å². The highest BCUT2D eigenvalue weighted by Gasteiger charge is 2.33. The standard InChI is InChI=1S/C23H29N3O3/c1-2-29-23(28)17-10-9-15-25(16-17)22(27)21-19-13-7-4-8-14-20(19)26(24-21)18-11-5-3-6-12-18/h3,5-6,11-12,17H,2,4,7-10,13-16H2,1H3. The number of rotatable bonds is 4. The van der Waals surface area contributed by atoms with E-state index in [2.05, 4.69) is 0 Å². The highest BCUT2D eigenvalue weighted by Crippen LogP contribution is 2.28. The molecule has 1 atom stereocenters. The molecule has 0 bridgehead atoms. The molecular weight excluding hydrogens is 366 g/mol. The number of likely N-dealkylation sites (tertiary alicyclic amines) is 1. The molecule has 1 unspecified atom stereocenters. The van der Waals surface area contributed by atoms with E-state index in [0.29, 0.717) is 25.4 Å². The van der Waals surface area contributed by atoms with E-state index in [4.69, 9.17) is 9.84 Å². The molecule has 29 heavy (non-hydrogen) atoms. The average Bonchev–Trinajstić information content (AvgIpc) is 2.95. The third kappa shape index (κ3) is 4.07. The number of carbonyl (C=O) groups excluding carboxylic acids is 2. The minimum Gasteiger partial charge on any atom is -0.466 e. The molecule has 1 aliphatic carbocycles. The van der Waals surface area contributed by atoms with E-state index >= 15 is 0 Å². The summed E-state index contributed by atoms with van der Waals surface area (Å²) in [5.74, 6) is -0.479. The molecule has 2 aromatic rings. The van der Waals surface area contributed by atoms with E-state index < -0.39 is 0 Å². The van der Waals surface area contributed by atoms with Gasteiger partial charge in [-0.2, -0.15) is 5.10 Å². The van der Waals surface area contributed by atoms with Crippen molar-refractivity contribution in [3.63, 3.8) is 0 Å². The van der Waals surface area contributed by atoms with Crippen LogP contribution in [0.1, 0.15) is 60.8 Å². The van der Waals surface area contributed by atoms with E-state index in [1.54, 1.807) is 4.90 Å². The average molecular weight is 396 g/mol. The number of hydrogen-bond donors (Lipinski definition) is 0. The number of nitrogens with zero attached hydrogens (tertiary/aromatic N) is 3. The lowest BCUT2D eigenvalue weighted by molar-refractivity contribution is -0.149. The molecule has 1 saturated heterocycles. The van der Waals surface area contributed by atoms with Gasteiger partial charge in [0, 0.05) is 24.3 Å². The zero-order chi connectivity index (χ0) is 20.2. The maximum absolute atomic E-state index is 13.5. The summed E-state index contributed by atoms with van der Waals surface area (Å²) in [4.78, 5) is 27.4. The Morgan fingerprint density at radius 2 is 1.90 bits per heavy atom. The monoisotopic (exact) mass is 395 g/mol. The van der Waals surface area contributed by atoms with Gasteiger partial charge in [-0.3, -0.25) is 9.59 Å². The van der Waals surface area contributed by atoms with Crippen molar-refractivity contribution in [2.24, 2.45) is 5.92 Å². The van der Waals surface area contributed by atoms with Crippen LogP contribution in [0.5, 0.6) is 0 Å². The van der Waals surface area contributed by atoms with Crippen LogP contribution in [-0.2, 0) is 22.4 Å². The first-order valence-electron chi connectivity index (χ1n) is 10.8. The number of carbonyl (C=O) groups is 2. The number of ether oxygens (including phenoxy) is 1. The van der Waals surface area contributed by atoms with Gasteiger partial charge in [0.25, 0.3) is 5.91 Å². The van der Waals surface area contributed by atoms with Crippen molar-refractivity contribution >= 4 is 11.9 Å². The van der Waals surface area contributed by atoms with E-state index in [0.717, 1.165) is 55.5 Å². The smallest absolute Gasteiger partial charge is 0.310 e. The van der Waals surface area contributed by atoms with Crippen molar-refractivity contribution in [2.75, 3.05) is 19.7 Å². The van der Waals surface area contributed by atoms with E-state index in [-0.39, 0.29) is 17.8 Å². The van der Waals surface area contributed by atoms with Gasteiger partial charge in [0.2, 0.25) is 0 Å². The van der Waals surface area contributed by atoms with E-state index in [1.165, 1.54) is 6.42 Å². The molecule has 0 radical (unpaired) electrons. The lowest BCUT2D eigenvalue weighted by Gasteiger charge is -2.31. The molecule has 154 valence electrons. The summed E-state index contributed by atoms with van der Waals surface area (Å²) < 4.78 is 7.15. The van der Waals surface area contributed by atoms with Crippen LogP contribution in [0.15, 0.2) is 30.3 Å². The zero-order valence-corrected chi connectivity index (χ0v) is 17.1. The van der Waals surface area contributed by atoms with Crippen LogP contribution >= 0.6 is 0 Å². The van der Waals surface area contributed by atoms with Crippen LogP contribution in [0.4, 0.5) is 0 Å². The molecule has 1 aromatic carbocycles. The maximum atomic E-state index is 13.5. The lowest BCUT2D eigenvalue weighted by Crippen LogP contribution is -2.43. The third-order valence-corrected chi connectivity index (χ3v) is 5.96. The maximum Gasteiger partial charge on any atom is 0.310 e. The number of amides is 1. The summed E-state index contributed by atoms with van der Waals surface area (Å²) in [5.41, 5.74) is 3.81. The van der Waals surface area contributed by atoms with Gasteiger partial charge in [-0.1, -0.05) is 24.6 Å². The molecule has 1 aromatic heterocycles. The van der Waals surface area contributed by atoms with Crippen LogP contribution in [0, 0.1) is 5.92 Å². The number of aromatic nitrogens is 2. The number of fused-ring (bicyclic) bond motifs is 1. The Bertz CT molecular complexity index is 875. The van der Waals surface area contributed by atoms with Gasteiger partial charge >= 0.3 is 5.97 Å². The summed E-state index contributed by atoms with van der Waals surface area (Å²) in [5, 5.41) is 4.79. The fourth-order valence-corrected chi connectivity index (χ4v) is 4.49. The molecule has 2 heterocycles. The minimum absolute atomic E-state index is 0.0492. The second-order valence-electron chi connectivity index (χ2n) is 7.92. The van der Waals surface area contributed by atoms with Crippen molar-refractivity contribution in [1.29, 1.82) is 0 Å². The van der Waals surface area contributed by atoms with Crippen LogP contribution in [-0.4, -0.2) is 46.3 Å². The Balaban J connectivity index is 1.65. The summed E-state index contributed by atoms with van der Waals surface area (Å²) in [6, 6.07) is 10.0. The Morgan fingerprint density at radius 3 is 2.69 bits per heavy atom. The van der Waals surface area contributed by atoms with Crippen molar-refractivity contribution in [1.82, 2.24) is 14.7 Å². The predicted octanol–water partition coefficient (Wildman–Crippen LogP) is 3.56. The van der Waals surface area contributed by atoms with E-state index in [1.807, 2.05) is 41.9 Å². The van der Waals surface area contributed by atoms with Crippen LogP contribution in [0.25, 0.3) is 5.69 Å². The number of hydrogen-bond acceptors (Lipinski definition) is 4. The molecule has 0 N–H and O–H groups in total. The molecule has 0 saturated carbocycles. The van der Waals surface area contributed by atoms with E-state index in [9.17, 15) is 9.59 Å². The minimum atomic E-state index is -0.234. The molecule has 4 rings (SSSR count). The topological polar surface area (TPSA) is 64.4 Å². The first-order valence-corrected chi connectivity index (χ1v) is 10.8. The second-order valence-corrected chi connectivity index (χ2v) is 7.92. The fraction of sp³-hybridized carbons (Fsp3) is 0.522. The quantitative estimate of drug-likeness (QED) is 0.587. The lowest BCUT2D eigenvalue weighted by atomic mass is 9.97. The summed E-state index contributed by atoms with van der Waals surface area (Å²) in [7, 11) is 0. The number of piperidine rings is 1. The molecule has 1 aliphatic heterocycles. The summed E-state index contributed by atoms with van der Waals surface area (Å²) in [6.45, 7) is 3.28.